The molecule has 0 radical (unpaired) electrons. The molecular formula is C13H21N3O2. The molecule has 1 amide bonds. The number of rotatable bonds is 5. The van der Waals surface area contributed by atoms with E-state index >= 15 is 0 Å². The number of carbonyl (C=O) groups excluding carboxylic acids is 1. The van der Waals surface area contributed by atoms with Crippen molar-refractivity contribution in [2.24, 2.45) is 0 Å². The van der Waals surface area contributed by atoms with Crippen LogP contribution >= 0.6 is 0 Å². The van der Waals surface area contributed by atoms with Crippen LogP contribution in [0.25, 0.3) is 0 Å². The molecule has 0 saturated carbocycles. The lowest BCUT2D eigenvalue weighted by Gasteiger charge is -2.23. The smallest absolute Gasteiger partial charge is 0.237 e. The van der Waals surface area contributed by atoms with Crippen LogP contribution in [0.3, 0.4) is 0 Å². The monoisotopic (exact) mass is 251 g/mol. The largest absolute Gasteiger partial charge is 0.468 e. The van der Waals surface area contributed by atoms with Crippen molar-refractivity contribution in [3.63, 3.8) is 0 Å². The zero-order valence-corrected chi connectivity index (χ0v) is 11.0. The highest BCUT2D eigenvalue weighted by Gasteiger charge is 2.24. The van der Waals surface area contributed by atoms with Crippen LogP contribution in [0.15, 0.2) is 22.8 Å². The van der Waals surface area contributed by atoms with E-state index < -0.39 is 0 Å². The van der Waals surface area contributed by atoms with Gasteiger partial charge in [-0.15, -0.1) is 0 Å². The molecule has 2 rings (SSSR count). The summed E-state index contributed by atoms with van der Waals surface area (Å²) in [7, 11) is 3.96. The molecule has 18 heavy (non-hydrogen) atoms. The maximum Gasteiger partial charge on any atom is 0.237 e. The summed E-state index contributed by atoms with van der Waals surface area (Å²) in [6.07, 6.45) is 3.67. The molecule has 100 valence electrons. The van der Waals surface area contributed by atoms with Gasteiger partial charge in [-0.05, 0) is 45.6 Å². The van der Waals surface area contributed by atoms with Crippen molar-refractivity contribution in [2.45, 2.75) is 24.9 Å². The van der Waals surface area contributed by atoms with Crippen LogP contribution in [0.5, 0.6) is 0 Å². The average Bonchev–Trinajstić information content (AvgIpc) is 3.01. The minimum Gasteiger partial charge on any atom is -0.468 e. The van der Waals surface area contributed by atoms with Gasteiger partial charge in [-0.25, -0.2) is 0 Å². The fourth-order valence-corrected chi connectivity index (χ4v) is 2.25. The minimum atomic E-state index is -0.0237. The lowest BCUT2D eigenvalue weighted by molar-refractivity contribution is -0.123. The first kappa shape index (κ1) is 13.1. The Labute approximate surface area is 108 Å². The van der Waals surface area contributed by atoms with Gasteiger partial charge in [-0.2, -0.15) is 0 Å². The molecule has 0 aromatic carbocycles. The predicted octanol–water partition coefficient (Wildman–Crippen LogP) is 0.750. The maximum atomic E-state index is 11.9. The van der Waals surface area contributed by atoms with E-state index in [9.17, 15) is 4.79 Å². The molecule has 1 saturated heterocycles. The van der Waals surface area contributed by atoms with Gasteiger partial charge in [0.1, 0.15) is 5.76 Å². The van der Waals surface area contributed by atoms with E-state index in [-0.39, 0.29) is 18.0 Å². The van der Waals surface area contributed by atoms with E-state index in [1.54, 1.807) is 6.26 Å². The van der Waals surface area contributed by atoms with Crippen molar-refractivity contribution in [1.82, 2.24) is 15.5 Å². The van der Waals surface area contributed by atoms with Gasteiger partial charge in [-0.3, -0.25) is 9.69 Å². The first-order valence-corrected chi connectivity index (χ1v) is 6.39. The van der Waals surface area contributed by atoms with Crippen LogP contribution < -0.4 is 10.6 Å². The van der Waals surface area contributed by atoms with Gasteiger partial charge in [0.05, 0.1) is 18.3 Å². The summed E-state index contributed by atoms with van der Waals surface area (Å²) in [5.41, 5.74) is 0. The average molecular weight is 251 g/mol. The number of furan rings is 1. The number of hydrogen-bond donors (Lipinski definition) is 2. The van der Waals surface area contributed by atoms with Gasteiger partial charge >= 0.3 is 0 Å². The third kappa shape index (κ3) is 3.11. The highest BCUT2D eigenvalue weighted by Crippen LogP contribution is 2.17. The maximum absolute atomic E-state index is 11.9. The molecule has 1 unspecified atom stereocenters. The van der Waals surface area contributed by atoms with Gasteiger partial charge in [0.25, 0.3) is 0 Å². The Morgan fingerprint density at radius 1 is 1.67 bits per heavy atom. The van der Waals surface area contributed by atoms with Gasteiger partial charge in [-0.1, -0.05) is 0 Å². The van der Waals surface area contributed by atoms with Crippen LogP contribution in [0.1, 0.15) is 24.6 Å². The van der Waals surface area contributed by atoms with Crippen molar-refractivity contribution in [1.29, 1.82) is 0 Å². The quantitative estimate of drug-likeness (QED) is 0.811. The topological polar surface area (TPSA) is 57.5 Å². The molecule has 5 nitrogen and oxygen atoms in total. The summed E-state index contributed by atoms with van der Waals surface area (Å²) in [6.45, 7) is 1.50. The van der Waals surface area contributed by atoms with Crippen LogP contribution in [0, 0.1) is 0 Å². The van der Waals surface area contributed by atoms with Gasteiger partial charge in [0, 0.05) is 6.54 Å². The molecular weight excluding hydrogens is 230 g/mol. The molecule has 1 aliphatic rings. The molecule has 0 bridgehead atoms. The predicted molar refractivity (Wildman–Crippen MR) is 69.2 cm³/mol. The molecule has 0 spiro atoms. The first-order valence-electron chi connectivity index (χ1n) is 6.39. The second-order valence-corrected chi connectivity index (χ2v) is 4.89. The summed E-state index contributed by atoms with van der Waals surface area (Å²) >= 11 is 0. The molecule has 1 fully saturated rings. The number of nitrogens with zero attached hydrogens (tertiary/aromatic N) is 1. The summed E-state index contributed by atoms with van der Waals surface area (Å²) in [5.74, 6) is 0.964. The third-order valence-corrected chi connectivity index (χ3v) is 3.34. The van der Waals surface area contributed by atoms with Crippen molar-refractivity contribution >= 4 is 5.91 Å². The zero-order chi connectivity index (χ0) is 13.0. The number of likely N-dealkylation sites (N-methyl/N-ethyl adjacent to an activating group) is 1. The molecule has 1 aromatic heterocycles. The van der Waals surface area contributed by atoms with Gasteiger partial charge in [0.2, 0.25) is 5.91 Å². The first-order chi connectivity index (χ1) is 8.68. The highest BCUT2D eigenvalue weighted by atomic mass is 16.3. The summed E-state index contributed by atoms with van der Waals surface area (Å²) < 4.78 is 5.41. The normalized spacial score (nSPS) is 21.2. The van der Waals surface area contributed by atoms with E-state index in [1.807, 2.05) is 31.1 Å². The van der Waals surface area contributed by atoms with E-state index in [1.165, 1.54) is 0 Å². The van der Waals surface area contributed by atoms with Crippen molar-refractivity contribution in [2.75, 3.05) is 27.2 Å². The van der Waals surface area contributed by atoms with Crippen LogP contribution in [-0.2, 0) is 4.79 Å². The molecule has 1 aromatic rings. The summed E-state index contributed by atoms with van der Waals surface area (Å²) in [6, 6.07) is 3.85. The van der Waals surface area contributed by atoms with Crippen molar-refractivity contribution in [3.8, 4) is 0 Å². The van der Waals surface area contributed by atoms with Crippen LogP contribution in [0.4, 0.5) is 0 Å². The van der Waals surface area contributed by atoms with Crippen molar-refractivity contribution in [3.05, 3.63) is 24.2 Å². The zero-order valence-electron chi connectivity index (χ0n) is 11.0. The Morgan fingerprint density at radius 2 is 2.50 bits per heavy atom. The number of carbonyl (C=O) groups is 1. The Bertz CT molecular complexity index is 370. The van der Waals surface area contributed by atoms with Crippen LogP contribution in [-0.4, -0.2) is 44.0 Å². The second kappa shape index (κ2) is 6.02. The van der Waals surface area contributed by atoms with E-state index in [0.717, 1.165) is 25.1 Å². The van der Waals surface area contributed by atoms with E-state index in [2.05, 4.69) is 10.6 Å². The number of hydrogen-bond acceptors (Lipinski definition) is 4. The molecule has 2 heterocycles. The molecule has 5 heteroatoms. The second-order valence-electron chi connectivity index (χ2n) is 4.89. The Kier molecular flexibility index (Phi) is 4.38. The minimum absolute atomic E-state index is 0.0237. The van der Waals surface area contributed by atoms with E-state index in [0.29, 0.717) is 6.54 Å². The summed E-state index contributed by atoms with van der Waals surface area (Å²) in [4.78, 5) is 14.0. The Morgan fingerprint density at radius 3 is 3.06 bits per heavy atom. The molecule has 2 atom stereocenters. The molecule has 0 aliphatic carbocycles. The number of nitrogens with one attached hydrogen (secondary N) is 2. The highest BCUT2D eigenvalue weighted by molar-refractivity contribution is 5.82. The fourth-order valence-electron chi connectivity index (χ4n) is 2.25. The summed E-state index contributed by atoms with van der Waals surface area (Å²) in [5, 5.41) is 6.19. The standard InChI is InChI=1S/C13H21N3O2/c1-16(2)11(12-6-4-8-18-12)9-15-13(17)10-5-3-7-14-10/h4,6,8,10-11,14H,3,5,7,9H2,1-2H3,(H,15,17)/t10-,11?/m0/s1. The van der Waals surface area contributed by atoms with Crippen molar-refractivity contribution < 1.29 is 9.21 Å². The lowest BCUT2D eigenvalue weighted by Crippen LogP contribution is -2.43. The SMILES string of the molecule is CN(C)C(CNC(=O)[C@@H]1CCCN1)c1ccco1. The van der Waals surface area contributed by atoms with Crippen LogP contribution in [0.2, 0.25) is 0 Å². The van der Waals surface area contributed by atoms with Gasteiger partial charge < -0.3 is 15.1 Å². The molecule has 2 N–H and O–H groups in total. The Hall–Kier alpha value is -1.33. The molecule has 1 aliphatic heterocycles. The Balaban J connectivity index is 1.88. The number of amides is 1. The third-order valence-electron chi connectivity index (χ3n) is 3.34. The fraction of sp³-hybridized carbons (Fsp3) is 0.615. The lowest BCUT2D eigenvalue weighted by atomic mass is 10.2. The van der Waals surface area contributed by atoms with E-state index in [4.69, 9.17) is 4.42 Å². The van der Waals surface area contributed by atoms with Gasteiger partial charge in [0.15, 0.2) is 0 Å².